The van der Waals surface area contributed by atoms with E-state index in [1.807, 2.05) is 55.3 Å². The van der Waals surface area contributed by atoms with Crippen LogP contribution in [-0.2, 0) is 11.3 Å². The number of nitrogens with zero attached hydrogens (tertiary/aromatic N) is 3. The van der Waals surface area contributed by atoms with Crippen molar-refractivity contribution in [1.82, 2.24) is 14.8 Å². The van der Waals surface area contributed by atoms with Gasteiger partial charge in [-0.3, -0.25) is 9.69 Å². The molecule has 4 nitrogen and oxygen atoms in total. The molecule has 0 fully saturated rings. The van der Waals surface area contributed by atoms with Crippen molar-refractivity contribution in [1.29, 1.82) is 0 Å². The Labute approximate surface area is 159 Å². The van der Waals surface area contributed by atoms with Crippen LogP contribution < -0.4 is 0 Å². The van der Waals surface area contributed by atoms with E-state index in [1.165, 1.54) is 4.70 Å². The van der Waals surface area contributed by atoms with E-state index in [0.29, 0.717) is 19.6 Å². The summed E-state index contributed by atoms with van der Waals surface area (Å²) in [5.74, 6) is 0.145. The molecule has 0 N–H and O–H groups in total. The Morgan fingerprint density at radius 2 is 1.81 bits per heavy atom. The SMILES string of the molecule is CCN(Cc1ccccc1)C(=O)CN(C)[C@H](C)c1nc2ccccc2s1. The van der Waals surface area contributed by atoms with E-state index in [2.05, 4.69) is 30.0 Å². The number of carbonyl (C=O) groups is 1. The van der Waals surface area contributed by atoms with Gasteiger partial charge in [-0.1, -0.05) is 42.5 Å². The Kier molecular flexibility index (Phi) is 6.01. The third kappa shape index (κ3) is 4.29. The molecule has 1 amide bonds. The molecule has 1 heterocycles. The Hall–Kier alpha value is -2.24. The maximum atomic E-state index is 12.8. The smallest absolute Gasteiger partial charge is 0.237 e. The summed E-state index contributed by atoms with van der Waals surface area (Å²) < 4.78 is 1.19. The lowest BCUT2D eigenvalue weighted by molar-refractivity contribution is -0.133. The standard InChI is InChI=1S/C21H25N3OS/c1-4-24(14-17-10-6-5-7-11-17)20(25)15-23(3)16(2)21-22-18-12-8-9-13-19(18)26-21/h5-13,16H,4,14-15H2,1-3H3/t16-/m1/s1. The van der Waals surface area contributed by atoms with Crippen LogP contribution in [0.25, 0.3) is 10.2 Å². The van der Waals surface area contributed by atoms with Gasteiger partial charge in [0.2, 0.25) is 5.91 Å². The highest BCUT2D eigenvalue weighted by Crippen LogP contribution is 2.28. The Balaban J connectivity index is 1.65. The van der Waals surface area contributed by atoms with Gasteiger partial charge >= 0.3 is 0 Å². The lowest BCUT2D eigenvalue weighted by Gasteiger charge is -2.27. The first kappa shape index (κ1) is 18.5. The van der Waals surface area contributed by atoms with E-state index >= 15 is 0 Å². The number of likely N-dealkylation sites (N-methyl/N-ethyl adjacent to an activating group) is 2. The molecule has 0 spiro atoms. The number of rotatable bonds is 7. The third-order valence-corrected chi connectivity index (χ3v) is 5.87. The van der Waals surface area contributed by atoms with Crippen LogP contribution in [-0.4, -0.2) is 40.8 Å². The van der Waals surface area contributed by atoms with Gasteiger partial charge in [-0.15, -0.1) is 11.3 Å². The fourth-order valence-electron chi connectivity index (χ4n) is 2.89. The summed E-state index contributed by atoms with van der Waals surface area (Å²) in [4.78, 5) is 21.5. The highest BCUT2D eigenvalue weighted by Gasteiger charge is 2.21. The van der Waals surface area contributed by atoms with Crippen LogP contribution in [0, 0.1) is 0 Å². The van der Waals surface area contributed by atoms with Crippen molar-refractivity contribution in [3.8, 4) is 0 Å². The van der Waals surface area contributed by atoms with E-state index in [4.69, 9.17) is 4.98 Å². The molecule has 0 aliphatic heterocycles. The summed E-state index contributed by atoms with van der Waals surface area (Å²) >= 11 is 1.70. The minimum absolute atomic E-state index is 0.104. The van der Waals surface area contributed by atoms with Crippen LogP contribution in [0.1, 0.15) is 30.5 Å². The number of amides is 1. The normalized spacial score (nSPS) is 12.5. The molecule has 0 saturated heterocycles. The predicted molar refractivity (Wildman–Crippen MR) is 108 cm³/mol. The van der Waals surface area contributed by atoms with Gasteiger partial charge in [0.1, 0.15) is 5.01 Å². The highest BCUT2D eigenvalue weighted by molar-refractivity contribution is 7.18. The van der Waals surface area contributed by atoms with Crippen molar-refractivity contribution in [2.45, 2.75) is 26.4 Å². The molecule has 0 unspecified atom stereocenters. The molecule has 2 aromatic carbocycles. The zero-order chi connectivity index (χ0) is 18.5. The van der Waals surface area contributed by atoms with Gasteiger partial charge in [-0.25, -0.2) is 4.98 Å². The van der Waals surface area contributed by atoms with Crippen molar-refractivity contribution in [2.24, 2.45) is 0 Å². The van der Waals surface area contributed by atoms with Crippen molar-refractivity contribution in [3.05, 3.63) is 65.2 Å². The summed E-state index contributed by atoms with van der Waals surface area (Å²) in [5.41, 5.74) is 2.18. The van der Waals surface area contributed by atoms with Crippen molar-refractivity contribution >= 4 is 27.5 Å². The van der Waals surface area contributed by atoms with Crippen molar-refractivity contribution in [3.63, 3.8) is 0 Å². The van der Waals surface area contributed by atoms with Crippen LogP contribution in [0.15, 0.2) is 54.6 Å². The van der Waals surface area contributed by atoms with Gasteiger partial charge in [-0.2, -0.15) is 0 Å². The molecule has 0 bridgehead atoms. The number of hydrogen-bond acceptors (Lipinski definition) is 4. The first-order valence-corrected chi connectivity index (χ1v) is 9.77. The van der Waals surface area contributed by atoms with Gasteiger partial charge in [-0.05, 0) is 38.6 Å². The summed E-state index contributed by atoms with van der Waals surface area (Å²) in [5, 5.41) is 1.05. The molecule has 136 valence electrons. The average Bonchev–Trinajstić information content (AvgIpc) is 3.10. The summed E-state index contributed by atoms with van der Waals surface area (Å²) in [6, 6.07) is 18.4. The zero-order valence-corrected chi connectivity index (χ0v) is 16.4. The van der Waals surface area contributed by atoms with E-state index in [1.54, 1.807) is 11.3 Å². The maximum absolute atomic E-state index is 12.8. The first-order valence-electron chi connectivity index (χ1n) is 8.96. The van der Waals surface area contributed by atoms with E-state index in [9.17, 15) is 4.79 Å². The number of benzene rings is 2. The highest BCUT2D eigenvalue weighted by atomic mass is 32.1. The molecular weight excluding hydrogens is 342 g/mol. The van der Waals surface area contributed by atoms with Crippen LogP contribution in [0.4, 0.5) is 0 Å². The summed E-state index contributed by atoms with van der Waals surface area (Å²) in [6.07, 6.45) is 0. The number of fused-ring (bicyclic) bond motifs is 1. The van der Waals surface area contributed by atoms with Gasteiger partial charge in [0.15, 0.2) is 0 Å². The quantitative estimate of drug-likeness (QED) is 0.623. The molecule has 0 aliphatic carbocycles. The molecule has 0 radical (unpaired) electrons. The fourth-order valence-corrected chi connectivity index (χ4v) is 3.97. The number of hydrogen-bond donors (Lipinski definition) is 0. The number of aromatic nitrogens is 1. The van der Waals surface area contributed by atoms with Gasteiger partial charge < -0.3 is 4.90 Å². The molecule has 1 aromatic heterocycles. The topological polar surface area (TPSA) is 36.4 Å². The van der Waals surface area contributed by atoms with E-state index in [0.717, 1.165) is 16.1 Å². The first-order chi connectivity index (χ1) is 12.6. The van der Waals surface area contributed by atoms with Crippen LogP contribution in [0.3, 0.4) is 0 Å². The third-order valence-electron chi connectivity index (χ3n) is 4.66. The van der Waals surface area contributed by atoms with Crippen LogP contribution >= 0.6 is 11.3 Å². The maximum Gasteiger partial charge on any atom is 0.237 e. The number of carbonyl (C=O) groups excluding carboxylic acids is 1. The largest absolute Gasteiger partial charge is 0.338 e. The summed E-state index contributed by atoms with van der Waals surface area (Å²) in [7, 11) is 1.99. The monoisotopic (exact) mass is 367 g/mol. The molecule has 0 saturated carbocycles. The van der Waals surface area contributed by atoms with E-state index < -0.39 is 0 Å². The molecule has 3 rings (SSSR count). The predicted octanol–water partition coefficient (Wildman–Crippen LogP) is 4.34. The van der Waals surface area contributed by atoms with Crippen molar-refractivity contribution in [2.75, 3.05) is 20.1 Å². The lowest BCUT2D eigenvalue weighted by Crippen LogP contribution is -2.39. The average molecular weight is 368 g/mol. The van der Waals surface area contributed by atoms with Gasteiger partial charge in [0.05, 0.1) is 22.8 Å². The minimum atomic E-state index is 0.104. The fraction of sp³-hybridized carbons (Fsp3) is 0.333. The molecule has 5 heteroatoms. The van der Waals surface area contributed by atoms with E-state index in [-0.39, 0.29) is 11.9 Å². The second kappa shape index (κ2) is 8.43. The van der Waals surface area contributed by atoms with Gasteiger partial charge in [0, 0.05) is 13.1 Å². The van der Waals surface area contributed by atoms with Gasteiger partial charge in [0.25, 0.3) is 0 Å². The number of thiazole rings is 1. The Bertz CT molecular complexity index is 829. The molecule has 3 aromatic rings. The molecule has 0 aliphatic rings. The van der Waals surface area contributed by atoms with Crippen LogP contribution in [0.2, 0.25) is 0 Å². The van der Waals surface area contributed by atoms with Crippen molar-refractivity contribution < 1.29 is 4.79 Å². The zero-order valence-electron chi connectivity index (χ0n) is 15.6. The number of para-hydroxylation sites is 1. The van der Waals surface area contributed by atoms with Crippen LogP contribution in [0.5, 0.6) is 0 Å². The lowest BCUT2D eigenvalue weighted by atomic mass is 10.2. The second-order valence-corrected chi connectivity index (χ2v) is 7.57. The second-order valence-electron chi connectivity index (χ2n) is 6.50. The molecule has 1 atom stereocenters. The molecular formula is C21H25N3OS. The minimum Gasteiger partial charge on any atom is -0.338 e. The molecule has 26 heavy (non-hydrogen) atoms. The Morgan fingerprint density at radius 1 is 1.12 bits per heavy atom. The summed E-state index contributed by atoms with van der Waals surface area (Å²) in [6.45, 7) is 5.88. The Morgan fingerprint density at radius 3 is 2.50 bits per heavy atom.